The maximum atomic E-state index is 14.3. The lowest BCUT2D eigenvalue weighted by Gasteiger charge is -2.28. The zero-order valence-electron chi connectivity index (χ0n) is 15.7. The summed E-state index contributed by atoms with van der Waals surface area (Å²) in [5.74, 6) is -0.0888. The molecule has 5 nitrogen and oxygen atoms in total. The molecule has 3 heterocycles. The average Bonchev–Trinajstić information content (AvgIpc) is 3.27. The molecular weight excluding hydrogens is 343 g/mol. The van der Waals surface area contributed by atoms with Crippen molar-refractivity contribution >= 4 is 5.91 Å². The normalized spacial score (nSPS) is 21.4. The summed E-state index contributed by atoms with van der Waals surface area (Å²) in [6.07, 6.45) is 8.39. The highest BCUT2D eigenvalue weighted by molar-refractivity contribution is 5.79. The van der Waals surface area contributed by atoms with Crippen LogP contribution in [-0.4, -0.2) is 52.1 Å². The predicted octanol–water partition coefficient (Wildman–Crippen LogP) is 3.76. The molecule has 1 N–H and O–H groups in total. The van der Waals surface area contributed by atoms with Gasteiger partial charge in [0.25, 0.3) is 0 Å². The number of carbonyl (C=O) groups excluding carboxylic acids is 1. The second-order valence-electron chi connectivity index (χ2n) is 7.61. The molecule has 2 aliphatic rings. The lowest BCUT2D eigenvalue weighted by Crippen LogP contribution is -2.40. The number of halogens is 1. The monoisotopic (exact) mass is 370 g/mol. The van der Waals surface area contributed by atoms with E-state index in [0.29, 0.717) is 12.1 Å². The summed E-state index contributed by atoms with van der Waals surface area (Å²) in [5, 5.41) is 7.21. The van der Waals surface area contributed by atoms with Gasteiger partial charge < -0.3 is 4.90 Å². The van der Waals surface area contributed by atoms with Crippen LogP contribution in [-0.2, 0) is 4.79 Å². The number of benzene rings is 1. The molecule has 2 fully saturated rings. The molecule has 0 unspecified atom stereocenters. The van der Waals surface area contributed by atoms with Crippen molar-refractivity contribution in [3.8, 4) is 11.1 Å². The molecule has 2 aromatic rings. The van der Waals surface area contributed by atoms with Gasteiger partial charge in [0.05, 0.1) is 24.5 Å². The van der Waals surface area contributed by atoms with Crippen molar-refractivity contribution in [2.45, 2.75) is 44.6 Å². The van der Waals surface area contributed by atoms with Gasteiger partial charge in [0, 0.05) is 17.7 Å². The highest BCUT2D eigenvalue weighted by atomic mass is 19.1. The molecule has 144 valence electrons. The van der Waals surface area contributed by atoms with Crippen LogP contribution >= 0.6 is 0 Å². The highest BCUT2D eigenvalue weighted by Crippen LogP contribution is 2.37. The zero-order chi connectivity index (χ0) is 18.6. The number of hydrogen-bond donors (Lipinski definition) is 1. The van der Waals surface area contributed by atoms with Crippen molar-refractivity contribution < 1.29 is 9.18 Å². The lowest BCUT2D eigenvalue weighted by molar-refractivity contribution is -0.133. The van der Waals surface area contributed by atoms with Crippen LogP contribution in [0.5, 0.6) is 0 Å². The van der Waals surface area contributed by atoms with Crippen molar-refractivity contribution in [3.63, 3.8) is 0 Å². The Balaban J connectivity index is 1.53. The van der Waals surface area contributed by atoms with E-state index in [4.69, 9.17) is 0 Å². The van der Waals surface area contributed by atoms with Gasteiger partial charge in [-0.15, -0.1) is 0 Å². The van der Waals surface area contributed by atoms with E-state index >= 15 is 0 Å². The van der Waals surface area contributed by atoms with E-state index in [0.717, 1.165) is 43.7 Å². The smallest absolute Gasteiger partial charge is 0.237 e. The molecule has 1 aromatic carbocycles. The number of likely N-dealkylation sites (tertiary alicyclic amines) is 2. The van der Waals surface area contributed by atoms with E-state index in [2.05, 4.69) is 15.1 Å². The van der Waals surface area contributed by atoms with Crippen molar-refractivity contribution in [1.29, 1.82) is 0 Å². The first-order valence-electron chi connectivity index (χ1n) is 10.0. The van der Waals surface area contributed by atoms with Crippen LogP contribution in [0.2, 0.25) is 0 Å². The number of nitrogens with one attached hydrogen (secondary N) is 1. The van der Waals surface area contributed by atoms with Crippen LogP contribution in [0.15, 0.2) is 30.5 Å². The molecule has 0 aliphatic carbocycles. The fourth-order valence-corrected chi connectivity index (χ4v) is 4.39. The molecule has 0 spiro atoms. The number of rotatable bonds is 4. The topological polar surface area (TPSA) is 52.2 Å². The molecular formula is C21H27FN4O. The number of carbonyl (C=O) groups is 1. The van der Waals surface area contributed by atoms with Gasteiger partial charge in [-0.1, -0.05) is 31.0 Å². The number of aromatic amines is 1. The number of H-pyrrole nitrogens is 1. The van der Waals surface area contributed by atoms with Crippen molar-refractivity contribution in [1.82, 2.24) is 20.0 Å². The standard InChI is InChI=1S/C21H27FN4O/c22-18-9-4-3-8-16(18)17-14-23-24-21(17)19-10-7-13-26(19)20(27)15-25-11-5-1-2-6-12-25/h3-4,8-9,14,19H,1-2,5-7,10-13,15H2,(H,23,24)/t19-/m1/s1. The Bertz CT molecular complexity index is 782. The molecule has 0 saturated carbocycles. The second-order valence-corrected chi connectivity index (χ2v) is 7.61. The maximum absolute atomic E-state index is 14.3. The summed E-state index contributed by atoms with van der Waals surface area (Å²) < 4.78 is 14.3. The summed E-state index contributed by atoms with van der Waals surface area (Å²) in [5.41, 5.74) is 2.14. The van der Waals surface area contributed by atoms with Crippen LogP contribution in [0.1, 0.15) is 50.3 Å². The molecule has 1 amide bonds. The quantitative estimate of drug-likeness (QED) is 0.892. The van der Waals surface area contributed by atoms with Crippen molar-refractivity contribution in [3.05, 3.63) is 42.0 Å². The van der Waals surface area contributed by atoms with E-state index in [-0.39, 0.29) is 17.8 Å². The Morgan fingerprint density at radius 3 is 2.63 bits per heavy atom. The van der Waals surface area contributed by atoms with E-state index in [1.54, 1.807) is 18.3 Å². The van der Waals surface area contributed by atoms with Crippen LogP contribution < -0.4 is 0 Å². The molecule has 0 radical (unpaired) electrons. The van der Waals surface area contributed by atoms with Crippen LogP contribution in [0, 0.1) is 5.82 Å². The Kier molecular flexibility index (Phi) is 5.53. The molecule has 1 atom stereocenters. The largest absolute Gasteiger partial charge is 0.333 e. The molecule has 27 heavy (non-hydrogen) atoms. The fourth-order valence-electron chi connectivity index (χ4n) is 4.39. The van der Waals surface area contributed by atoms with Crippen molar-refractivity contribution in [2.24, 2.45) is 0 Å². The number of nitrogens with zero attached hydrogens (tertiary/aromatic N) is 3. The zero-order valence-corrected chi connectivity index (χ0v) is 15.7. The maximum Gasteiger partial charge on any atom is 0.237 e. The SMILES string of the molecule is O=C(CN1CCCCCC1)N1CCC[C@@H]1c1[nH]ncc1-c1ccccc1F. The van der Waals surface area contributed by atoms with Gasteiger partial charge in [0.15, 0.2) is 0 Å². The molecule has 2 aliphatic heterocycles. The predicted molar refractivity (Wildman–Crippen MR) is 103 cm³/mol. The third-order valence-electron chi connectivity index (χ3n) is 5.80. The summed E-state index contributed by atoms with van der Waals surface area (Å²) in [6, 6.07) is 6.68. The molecule has 6 heteroatoms. The summed E-state index contributed by atoms with van der Waals surface area (Å²) in [4.78, 5) is 17.3. The lowest BCUT2D eigenvalue weighted by atomic mass is 10.0. The average molecular weight is 370 g/mol. The minimum atomic E-state index is -0.263. The fraction of sp³-hybridized carbons (Fsp3) is 0.524. The third kappa shape index (κ3) is 3.90. The molecule has 2 saturated heterocycles. The first-order valence-corrected chi connectivity index (χ1v) is 10.0. The first kappa shape index (κ1) is 18.2. The minimum absolute atomic E-state index is 0.0541. The van der Waals surface area contributed by atoms with Gasteiger partial charge in [-0.25, -0.2) is 4.39 Å². The van der Waals surface area contributed by atoms with Crippen molar-refractivity contribution in [2.75, 3.05) is 26.2 Å². The van der Waals surface area contributed by atoms with Gasteiger partial charge in [0.2, 0.25) is 5.91 Å². The van der Waals surface area contributed by atoms with E-state index < -0.39 is 0 Å². The first-order chi connectivity index (χ1) is 13.2. The Morgan fingerprint density at radius 2 is 1.85 bits per heavy atom. The second kappa shape index (κ2) is 8.21. The van der Waals surface area contributed by atoms with Gasteiger partial charge in [0.1, 0.15) is 5.82 Å². The Morgan fingerprint density at radius 1 is 1.07 bits per heavy atom. The Hall–Kier alpha value is -2.21. The molecule has 0 bridgehead atoms. The number of aromatic nitrogens is 2. The van der Waals surface area contributed by atoms with Gasteiger partial charge in [-0.05, 0) is 44.8 Å². The summed E-state index contributed by atoms with van der Waals surface area (Å²) >= 11 is 0. The van der Waals surface area contributed by atoms with E-state index in [9.17, 15) is 9.18 Å². The van der Waals surface area contributed by atoms with Crippen LogP contribution in [0.25, 0.3) is 11.1 Å². The van der Waals surface area contributed by atoms with Gasteiger partial charge in [-0.3, -0.25) is 14.8 Å². The molecule has 4 rings (SSSR count). The third-order valence-corrected chi connectivity index (χ3v) is 5.80. The number of hydrogen-bond acceptors (Lipinski definition) is 3. The minimum Gasteiger partial charge on any atom is -0.333 e. The highest BCUT2D eigenvalue weighted by Gasteiger charge is 2.33. The Labute approximate surface area is 159 Å². The van der Waals surface area contributed by atoms with Crippen LogP contribution in [0.3, 0.4) is 0 Å². The van der Waals surface area contributed by atoms with Crippen LogP contribution in [0.4, 0.5) is 4.39 Å². The number of amides is 1. The van der Waals surface area contributed by atoms with Gasteiger partial charge in [-0.2, -0.15) is 5.10 Å². The van der Waals surface area contributed by atoms with E-state index in [1.807, 2.05) is 11.0 Å². The van der Waals surface area contributed by atoms with Gasteiger partial charge >= 0.3 is 0 Å². The van der Waals surface area contributed by atoms with E-state index in [1.165, 1.54) is 31.7 Å². The summed E-state index contributed by atoms with van der Waals surface area (Å²) in [7, 11) is 0. The summed E-state index contributed by atoms with van der Waals surface area (Å²) in [6.45, 7) is 3.26. The molecule has 1 aromatic heterocycles.